The van der Waals surface area contributed by atoms with Crippen LogP contribution in [0.25, 0.3) is 10.8 Å². The van der Waals surface area contributed by atoms with Gasteiger partial charge in [0, 0.05) is 0 Å². The second-order valence-corrected chi connectivity index (χ2v) is 6.15. The van der Waals surface area contributed by atoms with Gasteiger partial charge in [0.1, 0.15) is 5.75 Å². The predicted molar refractivity (Wildman–Crippen MR) is 110 cm³/mol. The average Bonchev–Trinajstić information content (AvgIpc) is 2.64. The first-order valence-electron chi connectivity index (χ1n) is 8.46. The summed E-state index contributed by atoms with van der Waals surface area (Å²) >= 11 is 5.27. The molecule has 3 aromatic carbocycles. The van der Waals surface area contributed by atoms with Gasteiger partial charge in [0.15, 0.2) is 5.11 Å². The lowest BCUT2D eigenvalue weighted by atomic mass is 10.0. The molecule has 0 aliphatic carbocycles. The highest BCUT2D eigenvalue weighted by Crippen LogP contribution is 2.23. The van der Waals surface area contributed by atoms with Gasteiger partial charge >= 0.3 is 0 Å². The van der Waals surface area contributed by atoms with Crippen LogP contribution in [0.4, 0.5) is 5.69 Å². The van der Waals surface area contributed by atoms with Crippen LogP contribution in [0.3, 0.4) is 0 Å². The molecule has 0 atom stereocenters. The summed E-state index contributed by atoms with van der Waals surface area (Å²) in [6.07, 6.45) is 0.260. The number of benzene rings is 3. The molecule has 3 rings (SSSR count). The Kier molecular flexibility index (Phi) is 5.81. The molecule has 0 radical (unpaired) electrons. The molecule has 0 unspecified atom stereocenters. The molecule has 0 aromatic heterocycles. The van der Waals surface area contributed by atoms with Gasteiger partial charge in [0.2, 0.25) is 5.91 Å². The fraction of sp³-hybridized carbons (Fsp3) is 0.143. The standard InChI is InChI=1S/C21H20N2O2S/c1-2-25-19-13-6-5-12-18(19)22-21(26)23-20(24)14-16-10-7-9-15-8-3-4-11-17(15)16/h3-13H,2,14H2,1H3,(H2,22,23,24,26). The van der Waals surface area contributed by atoms with E-state index in [9.17, 15) is 4.79 Å². The van der Waals surface area contributed by atoms with Crippen molar-refractivity contribution < 1.29 is 9.53 Å². The van der Waals surface area contributed by atoms with Crippen LogP contribution in [0.5, 0.6) is 5.75 Å². The third-order valence-electron chi connectivity index (χ3n) is 3.92. The molecule has 0 fully saturated rings. The number of carbonyl (C=O) groups excluding carboxylic acids is 1. The van der Waals surface area contributed by atoms with E-state index in [1.54, 1.807) is 0 Å². The number of nitrogens with one attached hydrogen (secondary N) is 2. The average molecular weight is 364 g/mol. The molecule has 0 aliphatic rings. The maximum Gasteiger partial charge on any atom is 0.230 e. The minimum atomic E-state index is -0.159. The second kappa shape index (κ2) is 8.45. The van der Waals surface area contributed by atoms with Gasteiger partial charge in [0.05, 0.1) is 18.7 Å². The van der Waals surface area contributed by atoms with E-state index < -0.39 is 0 Å². The van der Waals surface area contributed by atoms with Crippen LogP contribution in [-0.4, -0.2) is 17.6 Å². The van der Waals surface area contributed by atoms with Gasteiger partial charge in [-0.05, 0) is 47.6 Å². The summed E-state index contributed by atoms with van der Waals surface area (Å²) in [4.78, 5) is 12.4. The van der Waals surface area contributed by atoms with Crippen LogP contribution in [-0.2, 0) is 11.2 Å². The molecule has 0 bridgehead atoms. The third kappa shape index (κ3) is 4.37. The molecule has 2 N–H and O–H groups in total. The number of hydrogen-bond acceptors (Lipinski definition) is 3. The number of para-hydroxylation sites is 2. The Balaban J connectivity index is 1.65. The fourth-order valence-electron chi connectivity index (χ4n) is 2.80. The molecule has 0 saturated carbocycles. The van der Waals surface area contributed by atoms with Crippen LogP contribution >= 0.6 is 12.2 Å². The molecule has 0 saturated heterocycles. The number of carbonyl (C=O) groups is 1. The number of thiocarbonyl (C=S) groups is 1. The van der Waals surface area contributed by atoms with E-state index in [0.717, 1.165) is 22.0 Å². The SMILES string of the molecule is CCOc1ccccc1NC(=S)NC(=O)Cc1cccc2ccccc12. The largest absolute Gasteiger partial charge is 0.492 e. The van der Waals surface area contributed by atoms with Gasteiger partial charge in [-0.3, -0.25) is 4.79 Å². The smallest absolute Gasteiger partial charge is 0.230 e. The summed E-state index contributed by atoms with van der Waals surface area (Å²) < 4.78 is 5.55. The molecule has 0 spiro atoms. The molecule has 0 heterocycles. The van der Waals surface area contributed by atoms with Gasteiger partial charge in [0.25, 0.3) is 0 Å². The van der Waals surface area contributed by atoms with Gasteiger partial charge in [-0.1, -0.05) is 54.6 Å². The van der Waals surface area contributed by atoms with Crippen molar-refractivity contribution in [1.29, 1.82) is 0 Å². The first kappa shape index (κ1) is 17.9. The number of rotatable bonds is 5. The number of fused-ring (bicyclic) bond motifs is 1. The van der Waals surface area contributed by atoms with Crippen molar-refractivity contribution in [3.8, 4) is 5.75 Å². The summed E-state index contributed by atoms with van der Waals surface area (Å²) in [5, 5.41) is 8.20. The molecule has 4 nitrogen and oxygen atoms in total. The Morgan fingerprint density at radius 1 is 1.00 bits per heavy atom. The zero-order valence-corrected chi connectivity index (χ0v) is 15.3. The summed E-state index contributed by atoms with van der Waals surface area (Å²) in [7, 11) is 0. The zero-order valence-electron chi connectivity index (χ0n) is 14.5. The lowest BCUT2D eigenvalue weighted by Crippen LogP contribution is -2.35. The second-order valence-electron chi connectivity index (χ2n) is 5.75. The van der Waals surface area contributed by atoms with E-state index in [-0.39, 0.29) is 17.4 Å². The lowest BCUT2D eigenvalue weighted by Gasteiger charge is -2.14. The summed E-state index contributed by atoms with van der Waals surface area (Å²) in [5.41, 5.74) is 1.70. The van der Waals surface area contributed by atoms with E-state index >= 15 is 0 Å². The maximum absolute atomic E-state index is 12.4. The molecule has 3 aromatic rings. The van der Waals surface area contributed by atoms with E-state index in [2.05, 4.69) is 10.6 Å². The van der Waals surface area contributed by atoms with Crippen molar-refractivity contribution in [2.24, 2.45) is 0 Å². The third-order valence-corrected chi connectivity index (χ3v) is 4.12. The van der Waals surface area contributed by atoms with Crippen LogP contribution in [0, 0.1) is 0 Å². The van der Waals surface area contributed by atoms with E-state index in [4.69, 9.17) is 17.0 Å². The summed E-state index contributed by atoms with van der Waals surface area (Å²) in [6.45, 7) is 2.47. The monoisotopic (exact) mass is 364 g/mol. The van der Waals surface area contributed by atoms with Crippen molar-refractivity contribution in [1.82, 2.24) is 5.32 Å². The number of ether oxygens (including phenoxy) is 1. The lowest BCUT2D eigenvalue weighted by molar-refractivity contribution is -0.119. The normalized spacial score (nSPS) is 10.3. The number of hydrogen-bond donors (Lipinski definition) is 2. The van der Waals surface area contributed by atoms with Crippen LogP contribution in [0.2, 0.25) is 0 Å². The molecule has 26 heavy (non-hydrogen) atoms. The van der Waals surface area contributed by atoms with E-state index in [1.165, 1.54) is 0 Å². The molecular weight excluding hydrogens is 344 g/mol. The van der Waals surface area contributed by atoms with Crippen molar-refractivity contribution in [2.75, 3.05) is 11.9 Å². The van der Waals surface area contributed by atoms with Gasteiger partial charge < -0.3 is 15.4 Å². The predicted octanol–water partition coefficient (Wildman–Crippen LogP) is 4.29. The quantitative estimate of drug-likeness (QED) is 0.663. The minimum absolute atomic E-state index is 0.159. The van der Waals surface area contributed by atoms with Crippen molar-refractivity contribution in [2.45, 2.75) is 13.3 Å². The Labute approximate surface area is 158 Å². The van der Waals surface area contributed by atoms with Crippen LogP contribution in [0.15, 0.2) is 66.7 Å². The maximum atomic E-state index is 12.4. The molecule has 0 aliphatic heterocycles. The molecule has 1 amide bonds. The first-order valence-corrected chi connectivity index (χ1v) is 8.87. The minimum Gasteiger partial charge on any atom is -0.492 e. The molecule has 132 valence electrons. The van der Waals surface area contributed by atoms with E-state index in [0.29, 0.717) is 12.4 Å². The van der Waals surface area contributed by atoms with Crippen molar-refractivity contribution in [3.05, 3.63) is 72.3 Å². The molecular formula is C21H20N2O2S. The molecule has 5 heteroatoms. The fourth-order valence-corrected chi connectivity index (χ4v) is 3.02. The highest BCUT2D eigenvalue weighted by molar-refractivity contribution is 7.80. The zero-order chi connectivity index (χ0) is 18.4. The van der Waals surface area contributed by atoms with Crippen molar-refractivity contribution in [3.63, 3.8) is 0 Å². The number of amides is 1. The van der Waals surface area contributed by atoms with Gasteiger partial charge in [-0.25, -0.2) is 0 Å². The van der Waals surface area contributed by atoms with E-state index in [1.807, 2.05) is 73.7 Å². The Hall–Kier alpha value is -2.92. The topological polar surface area (TPSA) is 50.4 Å². The number of anilines is 1. The summed E-state index contributed by atoms with van der Waals surface area (Å²) in [6, 6.07) is 21.4. The van der Waals surface area contributed by atoms with Gasteiger partial charge in [-0.15, -0.1) is 0 Å². The summed E-state index contributed by atoms with van der Waals surface area (Å²) in [5.74, 6) is 0.536. The van der Waals surface area contributed by atoms with Crippen molar-refractivity contribution >= 4 is 39.7 Å². The highest BCUT2D eigenvalue weighted by Gasteiger charge is 2.10. The van der Waals surface area contributed by atoms with Crippen LogP contribution in [0.1, 0.15) is 12.5 Å². The first-order chi connectivity index (χ1) is 12.7. The van der Waals surface area contributed by atoms with Gasteiger partial charge in [-0.2, -0.15) is 0 Å². The van der Waals surface area contributed by atoms with Crippen LogP contribution < -0.4 is 15.4 Å². The highest BCUT2D eigenvalue weighted by atomic mass is 32.1. The Morgan fingerprint density at radius 2 is 1.73 bits per heavy atom. The Bertz CT molecular complexity index is 935. The Morgan fingerprint density at radius 3 is 2.58 bits per heavy atom.